The molecule has 0 bridgehead atoms. The molecule has 0 radical (unpaired) electrons. The van der Waals surface area contributed by atoms with Gasteiger partial charge in [0.2, 0.25) is 5.91 Å². The minimum Gasteiger partial charge on any atom is -0.394 e. The summed E-state index contributed by atoms with van der Waals surface area (Å²) < 4.78 is 22.7. The molecule has 0 aliphatic carbocycles. The molecule has 2 aliphatic heterocycles. The van der Waals surface area contributed by atoms with Crippen LogP contribution in [0.1, 0.15) is 200 Å². The van der Waals surface area contributed by atoms with Gasteiger partial charge in [-0.05, 0) is 64.2 Å². The van der Waals surface area contributed by atoms with Crippen molar-refractivity contribution >= 4 is 5.91 Å². The lowest BCUT2D eigenvalue weighted by molar-refractivity contribution is -0.359. The van der Waals surface area contributed by atoms with E-state index in [2.05, 4.69) is 79.9 Å². The summed E-state index contributed by atoms with van der Waals surface area (Å²) in [7, 11) is 0. The maximum atomic E-state index is 13.2. The van der Waals surface area contributed by atoms with E-state index in [9.17, 15) is 45.6 Å². The standard InChI is InChI=1S/C59H103NO13/c1-3-5-7-9-11-13-15-17-19-21-23-24-25-27-29-31-33-35-37-39-41-43-51(64)60-47(48(63)42-40-38-36-34-32-30-28-26-22-20-18-16-14-12-10-8-6-4-2)46-70-58-56(69)54(67)57(50(45-62)72-58)73-59-55(68)53(66)52(65)49(44-61)71-59/h5,7,11,13,17,19,23-24,27,29,40,42,47-50,52-59,61-63,65-69H,3-4,6,8-10,12,14-16,18,20-22,25-26,28,30-39,41,43-46H2,1-2H3,(H,60,64)/b7-5-,13-11-,19-17-,24-23-,29-27-,42-40+. The number of hydrogen-bond acceptors (Lipinski definition) is 13. The van der Waals surface area contributed by atoms with Crippen molar-refractivity contribution in [2.75, 3.05) is 19.8 Å². The van der Waals surface area contributed by atoms with Crippen molar-refractivity contribution < 1.29 is 64.6 Å². The number of unbranched alkanes of at least 4 members (excludes halogenated alkanes) is 21. The Morgan fingerprint density at radius 1 is 0.507 bits per heavy atom. The van der Waals surface area contributed by atoms with Crippen molar-refractivity contribution in [2.24, 2.45) is 0 Å². The van der Waals surface area contributed by atoms with Crippen LogP contribution in [-0.2, 0) is 23.7 Å². The molecule has 14 nitrogen and oxygen atoms in total. The van der Waals surface area contributed by atoms with E-state index < -0.39 is 86.8 Å². The first kappa shape index (κ1) is 66.5. The van der Waals surface area contributed by atoms with Crippen LogP contribution in [0.2, 0.25) is 0 Å². The van der Waals surface area contributed by atoms with E-state index in [0.717, 1.165) is 83.5 Å². The molecule has 0 aromatic heterocycles. The van der Waals surface area contributed by atoms with E-state index in [4.69, 9.17) is 18.9 Å². The van der Waals surface area contributed by atoms with Crippen molar-refractivity contribution in [3.8, 4) is 0 Å². The average molecular weight is 1030 g/mol. The number of carbonyl (C=O) groups excluding carboxylic acids is 1. The summed E-state index contributed by atoms with van der Waals surface area (Å²) in [4.78, 5) is 13.2. The van der Waals surface area contributed by atoms with Gasteiger partial charge in [-0.3, -0.25) is 4.79 Å². The molecule has 12 atom stereocenters. The first-order valence-corrected chi connectivity index (χ1v) is 28.7. The van der Waals surface area contributed by atoms with E-state index in [1.807, 2.05) is 6.08 Å². The molecule has 2 aliphatic rings. The maximum Gasteiger partial charge on any atom is 0.220 e. The highest BCUT2D eigenvalue weighted by atomic mass is 16.7. The lowest BCUT2D eigenvalue weighted by Gasteiger charge is -2.46. The number of aliphatic hydroxyl groups excluding tert-OH is 8. The van der Waals surface area contributed by atoms with Gasteiger partial charge in [0.05, 0.1) is 32.0 Å². The van der Waals surface area contributed by atoms with Crippen LogP contribution in [0.25, 0.3) is 0 Å². The maximum absolute atomic E-state index is 13.2. The number of amides is 1. The van der Waals surface area contributed by atoms with Gasteiger partial charge in [-0.25, -0.2) is 0 Å². The predicted molar refractivity (Wildman–Crippen MR) is 290 cm³/mol. The number of aliphatic hydroxyl groups is 8. The molecule has 2 heterocycles. The SMILES string of the molecule is CC/C=C\C/C=C\C/C=C\C/C=C\C/C=C\CCCCCCCC(=O)NC(COC1OC(CO)C(OC2OC(CO)C(O)C(O)C2O)C(O)C1O)C(O)/C=C/CCCCCCCCCCCCCCCCCC. The third-order valence-corrected chi connectivity index (χ3v) is 13.6. The number of carbonyl (C=O) groups is 1. The smallest absolute Gasteiger partial charge is 0.220 e. The van der Waals surface area contributed by atoms with Crippen molar-refractivity contribution in [3.05, 3.63) is 72.9 Å². The molecular weight excluding hydrogens is 931 g/mol. The topological polar surface area (TPSA) is 228 Å². The molecule has 422 valence electrons. The fraction of sp³-hybridized carbons (Fsp3) is 0.780. The molecule has 73 heavy (non-hydrogen) atoms. The van der Waals surface area contributed by atoms with Gasteiger partial charge >= 0.3 is 0 Å². The van der Waals surface area contributed by atoms with Crippen LogP contribution >= 0.6 is 0 Å². The zero-order valence-corrected chi connectivity index (χ0v) is 45.1. The molecular formula is C59H103NO13. The quantitative estimate of drug-likeness (QED) is 0.0205. The lowest BCUT2D eigenvalue weighted by Crippen LogP contribution is -2.65. The molecule has 0 aromatic carbocycles. The van der Waals surface area contributed by atoms with E-state index in [-0.39, 0.29) is 18.9 Å². The number of ether oxygens (including phenoxy) is 4. The van der Waals surface area contributed by atoms with Crippen molar-refractivity contribution in [2.45, 2.75) is 274 Å². The van der Waals surface area contributed by atoms with Crippen molar-refractivity contribution in [1.82, 2.24) is 5.32 Å². The van der Waals surface area contributed by atoms with Gasteiger partial charge in [-0.2, -0.15) is 0 Å². The van der Waals surface area contributed by atoms with Crippen LogP contribution in [0.3, 0.4) is 0 Å². The largest absolute Gasteiger partial charge is 0.394 e. The monoisotopic (exact) mass is 1030 g/mol. The summed E-state index contributed by atoms with van der Waals surface area (Å²) in [5.41, 5.74) is 0. The number of allylic oxidation sites excluding steroid dienone is 11. The summed E-state index contributed by atoms with van der Waals surface area (Å²) in [6.07, 6.45) is 40.7. The Kier molecular flexibility index (Phi) is 40.6. The van der Waals surface area contributed by atoms with E-state index in [0.29, 0.717) is 6.42 Å². The highest BCUT2D eigenvalue weighted by Gasteiger charge is 2.51. The van der Waals surface area contributed by atoms with Gasteiger partial charge in [-0.1, -0.05) is 202 Å². The van der Waals surface area contributed by atoms with Gasteiger partial charge in [0.15, 0.2) is 12.6 Å². The van der Waals surface area contributed by atoms with E-state index >= 15 is 0 Å². The molecule has 2 saturated heterocycles. The number of rotatable bonds is 44. The molecule has 14 heteroatoms. The Morgan fingerprint density at radius 2 is 0.945 bits per heavy atom. The second-order valence-corrected chi connectivity index (χ2v) is 20.0. The fourth-order valence-corrected chi connectivity index (χ4v) is 9.02. The van der Waals surface area contributed by atoms with Gasteiger partial charge in [0.25, 0.3) is 0 Å². The zero-order chi connectivity index (χ0) is 53.2. The van der Waals surface area contributed by atoms with Gasteiger partial charge < -0.3 is 65.1 Å². The molecule has 1 amide bonds. The third-order valence-electron chi connectivity index (χ3n) is 13.6. The first-order valence-electron chi connectivity index (χ1n) is 28.7. The first-order chi connectivity index (χ1) is 35.6. The van der Waals surface area contributed by atoms with Crippen LogP contribution in [0, 0.1) is 0 Å². The summed E-state index contributed by atoms with van der Waals surface area (Å²) in [6, 6.07) is -0.929. The van der Waals surface area contributed by atoms with Crippen molar-refractivity contribution in [1.29, 1.82) is 0 Å². The second kappa shape index (κ2) is 44.5. The highest BCUT2D eigenvalue weighted by Crippen LogP contribution is 2.30. The molecule has 2 rings (SSSR count). The molecule has 0 spiro atoms. The van der Waals surface area contributed by atoms with Crippen LogP contribution in [0.4, 0.5) is 0 Å². The predicted octanol–water partition coefficient (Wildman–Crippen LogP) is 9.16. The van der Waals surface area contributed by atoms with Crippen molar-refractivity contribution in [3.63, 3.8) is 0 Å². The molecule has 0 aromatic rings. The highest BCUT2D eigenvalue weighted by molar-refractivity contribution is 5.76. The lowest BCUT2D eigenvalue weighted by atomic mass is 9.97. The fourth-order valence-electron chi connectivity index (χ4n) is 9.02. The summed E-state index contributed by atoms with van der Waals surface area (Å²) in [6.45, 7) is 2.66. The Labute approximate surface area is 440 Å². The molecule has 12 unspecified atom stereocenters. The molecule has 9 N–H and O–H groups in total. The van der Waals surface area contributed by atoms with Crippen LogP contribution in [0.15, 0.2) is 72.9 Å². The third kappa shape index (κ3) is 30.7. The van der Waals surface area contributed by atoms with Gasteiger partial charge in [0.1, 0.15) is 48.8 Å². The minimum absolute atomic E-state index is 0.256. The summed E-state index contributed by atoms with van der Waals surface area (Å²) in [5.74, 6) is -0.260. The van der Waals surface area contributed by atoms with Crippen LogP contribution < -0.4 is 5.32 Å². The Hall–Kier alpha value is -2.57. The number of nitrogens with one attached hydrogen (secondary N) is 1. The summed E-state index contributed by atoms with van der Waals surface area (Å²) >= 11 is 0. The average Bonchev–Trinajstić information content (AvgIpc) is 3.39. The number of hydrogen-bond donors (Lipinski definition) is 9. The zero-order valence-electron chi connectivity index (χ0n) is 45.1. The normalized spacial score (nSPS) is 25.9. The Bertz CT molecular complexity index is 1500. The van der Waals surface area contributed by atoms with E-state index in [1.165, 1.54) is 89.9 Å². The Balaban J connectivity index is 1.81. The Morgan fingerprint density at radius 3 is 1.45 bits per heavy atom. The molecule has 0 saturated carbocycles. The molecule has 2 fully saturated rings. The van der Waals surface area contributed by atoms with Gasteiger partial charge in [0, 0.05) is 6.42 Å². The van der Waals surface area contributed by atoms with E-state index in [1.54, 1.807) is 6.08 Å². The van der Waals surface area contributed by atoms with Crippen LogP contribution in [0.5, 0.6) is 0 Å². The van der Waals surface area contributed by atoms with Gasteiger partial charge in [-0.15, -0.1) is 0 Å². The van der Waals surface area contributed by atoms with Crippen LogP contribution in [-0.4, -0.2) is 140 Å². The minimum atomic E-state index is -1.79. The second-order valence-electron chi connectivity index (χ2n) is 20.0. The summed E-state index contributed by atoms with van der Waals surface area (Å²) in [5, 5.41) is 87.0.